The van der Waals surface area contributed by atoms with Gasteiger partial charge in [-0.15, -0.1) is 0 Å². The minimum absolute atomic E-state index is 0. The van der Waals surface area contributed by atoms with Gasteiger partial charge in [0.25, 0.3) is 0 Å². The topological polar surface area (TPSA) is 80.9 Å². The Hall–Kier alpha value is 0.560. The maximum Gasteiger partial charge on any atom is 0.154 e. The summed E-state index contributed by atoms with van der Waals surface area (Å²) in [6, 6.07) is 0. The van der Waals surface area contributed by atoms with E-state index in [1.54, 1.807) is 0 Å². The standard InChI is InChI=1S/C7H18O4P.ClH/c8-1-4-12(7-11,5-2-9)6-3-10;/h8-11H,1-7H2;1H/q+1;/p-1. The number of hydrogen-bond donors (Lipinski definition) is 4. The zero-order valence-electron chi connectivity index (χ0n) is 7.56. The summed E-state index contributed by atoms with van der Waals surface area (Å²) in [7, 11) is -1.67. The highest BCUT2D eigenvalue weighted by Gasteiger charge is 2.34. The number of rotatable bonds is 7. The Kier molecular flexibility index (Phi) is 11.2. The summed E-state index contributed by atoms with van der Waals surface area (Å²) in [5, 5.41) is 35.3. The van der Waals surface area contributed by atoms with E-state index in [1.165, 1.54) is 0 Å². The van der Waals surface area contributed by atoms with Gasteiger partial charge in [0.05, 0.1) is 38.3 Å². The molecular formula is C7H18ClO4P. The van der Waals surface area contributed by atoms with Crippen LogP contribution in [0, 0.1) is 0 Å². The first-order valence-electron chi connectivity index (χ1n) is 4.03. The molecule has 6 heteroatoms. The molecule has 0 radical (unpaired) electrons. The Morgan fingerprint density at radius 1 is 0.692 bits per heavy atom. The van der Waals surface area contributed by atoms with E-state index in [-0.39, 0.29) is 38.6 Å². The molecule has 0 aliphatic carbocycles. The van der Waals surface area contributed by atoms with Gasteiger partial charge in [-0.05, 0) is 0 Å². The normalized spacial score (nSPS) is 11.1. The van der Waals surface area contributed by atoms with Crippen molar-refractivity contribution in [3.8, 4) is 0 Å². The van der Waals surface area contributed by atoms with Crippen LogP contribution in [0.5, 0.6) is 0 Å². The van der Waals surface area contributed by atoms with Gasteiger partial charge in [0.1, 0.15) is 0 Å². The molecule has 0 aromatic heterocycles. The van der Waals surface area contributed by atoms with E-state index in [4.69, 9.17) is 20.4 Å². The number of aliphatic hydroxyl groups is 4. The SMILES string of the molecule is OCC[P+](CO)(CCO)CCO.[Cl-]. The molecule has 0 aromatic carbocycles. The van der Waals surface area contributed by atoms with Crippen molar-refractivity contribution in [3.63, 3.8) is 0 Å². The quantitative estimate of drug-likeness (QED) is 0.337. The van der Waals surface area contributed by atoms with Gasteiger partial charge in [0.15, 0.2) is 6.35 Å². The van der Waals surface area contributed by atoms with E-state index in [0.717, 1.165) is 0 Å². The second-order valence-electron chi connectivity index (χ2n) is 2.82. The molecule has 0 atom stereocenters. The lowest BCUT2D eigenvalue weighted by Crippen LogP contribution is -3.00. The Labute approximate surface area is 85.3 Å². The smallest absolute Gasteiger partial charge is 0.154 e. The Morgan fingerprint density at radius 3 is 1.15 bits per heavy atom. The van der Waals surface area contributed by atoms with Crippen molar-refractivity contribution in [2.75, 3.05) is 44.7 Å². The van der Waals surface area contributed by atoms with E-state index < -0.39 is 7.26 Å². The third-order valence-electron chi connectivity index (χ3n) is 2.02. The van der Waals surface area contributed by atoms with Crippen LogP contribution in [0.1, 0.15) is 0 Å². The Balaban J connectivity index is 0. The van der Waals surface area contributed by atoms with Crippen LogP contribution in [0.4, 0.5) is 0 Å². The molecule has 0 fully saturated rings. The van der Waals surface area contributed by atoms with Crippen LogP contribution in [0.25, 0.3) is 0 Å². The Morgan fingerprint density at radius 2 is 1.00 bits per heavy atom. The van der Waals surface area contributed by atoms with E-state index in [2.05, 4.69) is 0 Å². The minimum atomic E-state index is -1.67. The van der Waals surface area contributed by atoms with Gasteiger partial charge in [-0.2, -0.15) is 0 Å². The summed E-state index contributed by atoms with van der Waals surface area (Å²) in [6.07, 6.45) is 1.61. The van der Waals surface area contributed by atoms with Crippen molar-refractivity contribution in [2.45, 2.75) is 0 Å². The maximum absolute atomic E-state index is 9.09. The number of hydrogen-bond acceptors (Lipinski definition) is 4. The second-order valence-corrected chi connectivity index (χ2v) is 7.13. The van der Waals surface area contributed by atoms with Crippen molar-refractivity contribution >= 4 is 7.26 Å². The van der Waals surface area contributed by atoms with Crippen LogP contribution in [0.15, 0.2) is 0 Å². The fraction of sp³-hybridized carbons (Fsp3) is 1.00. The van der Waals surface area contributed by atoms with Crippen LogP contribution < -0.4 is 12.4 Å². The van der Waals surface area contributed by atoms with Crippen molar-refractivity contribution in [1.82, 2.24) is 0 Å². The predicted molar refractivity (Wildman–Crippen MR) is 49.9 cm³/mol. The summed E-state index contributed by atoms with van der Waals surface area (Å²) < 4.78 is 0. The molecule has 0 aliphatic heterocycles. The summed E-state index contributed by atoms with van der Waals surface area (Å²) in [5.74, 6) is 0. The number of aliphatic hydroxyl groups excluding tert-OH is 4. The van der Waals surface area contributed by atoms with Crippen LogP contribution in [-0.4, -0.2) is 65.1 Å². The molecule has 13 heavy (non-hydrogen) atoms. The van der Waals surface area contributed by atoms with E-state index in [1.807, 2.05) is 0 Å². The lowest BCUT2D eigenvalue weighted by atomic mass is 10.8. The van der Waals surface area contributed by atoms with Gasteiger partial charge in [0.2, 0.25) is 0 Å². The lowest BCUT2D eigenvalue weighted by molar-refractivity contribution is -0.00000683. The molecule has 4 N–H and O–H groups in total. The molecule has 0 rings (SSSR count). The lowest BCUT2D eigenvalue weighted by Gasteiger charge is -2.22. The average Bonchev–Trinajstić information content (AvgIpc) is 2.06. The van der Waals surface area contributed by atoms with Gasteiger partial charge in [-0.1, -0.05) is 0 Å². The molecule has 0 saturated heterocycles. The average molecular weight is 233 g/mol. The molecule has 0 spiro atoms. The molecule has 0 aromatic rings. The van der Waals surface area contributed by atoms with Gasteiger partial charge >= 0.3 is 0 Å². The summed E-state index contributed by atoms with van der Waals surface area (Å²) >= 11 is 0. The van der Waals surface area contributed by atoms with Gasteiger partial charge in [-0.25, -0.2) is 0 Å². The third-order valence-corrected chi connectivity index (χ3v) is 6.07. The third kappa shape index (κ3) is 5.78. The van der Waals surface area contributed by atoms with Gasteiger partial charge in [-0.3, -0.25) is 0 Å². The molecular weight excluding hydrogens is 214 g/mol. The van der Waals surface area contributed by atoms with Crippen molar-refractivity contribution in [3.05, 3.63) is 0 Å². The van der Waals surface area contributed by atoms with Crippen LogP contribution >= 0.6 is 7.26 Å². The molecule has 0 bridgehead atoms. The predicted octanol–water partition coefficient (Wildman–Crippen LogP) is -4.07. The van der Waals surface area contributed by atoms with Crippen molar-refractivity contribution in [2.24, 2.45) is 0 Å². The van der Waals surface area contributed by atoms with E-state index >= 15 is 0 Å². The first-order chi connectivity index (χ1) is 5.74. The second kappa shape index (κ2) is 9.13. The summed E-state index contributed by atoms with van der Waals surface area (Å²) in [4.78, 5) is 0. The first-order valence-corrected chi connectivity index (χ1v) is 6.56. The highest BCUT2D eigenvalue weighted by molar-refractivity contribution is 7.75. The van der Waals surface area contributed by atoms with Crippen LogP contribution in [-0.2, 0) is 0 Å². The van der Waals surface area contributed by atoms with Crippen LogP contribution in [0.2, 0.25) is 0 Å². The molecule has 0 heterocycles. The first kappa shape index (κ1) is 16.0. The highest BCUT2D eigenvalue weighted by Crippen LogP contribution is 2.56. The van der Waals surface area contributed by atoms with Crippen LogP contribution in [0.3, 0.4) is 0 Å². The zero-order chi connectivity index (χ0) is 9.45. The fourth-order valence-electron chi connectivity index (χ4n) is 1.18. The monoisotopic (exact) mass is 232 g/mol. The molecule has 0 aliphatic rings. The van der Waals surface area contributed by atoms with E-state index in [0.29, 0.717) is 18.5 Å². The fourth-order valence-corrected chi connectivity index (χ4v) is 3.55. The maximum atomic E-state index is 9.09. The molecule has 82 valence electrons. The largest absolute Gasteiger partial charge is 1.00 e. The summed E-state index contributed by atoms with van der Waals surface area (Å²) in [6.45, 7) is 0.0665. The molecule has 0 unspecified atom stereocenters. The Bertz CT molecular complexity index is 97.6. The van der Waals surface area contributed by atoms with Gasteiger partial charge in [0, 0.05) is 7.26 Å². The van der Waals surface area contributed by atoms with Crippen molar-refractivity contribution in [1.29, 1.82) is 0 Å². The molecule has 4 nitrogen and oxygen atoms in total. The van der Waals surface area contributed by atoms with Crippen molar-refractivity contribution < 1.29 is 32.8 Å². The van der Waals surface area contributed by atoms with Gasteiger partial charge < -0.3 is 32.8 Å². The number of halogens is 1. The minimum Gasteiger partial charge on any atom is -1.00 e. The molecule has 0 amide bonds. The van der Waals surface area contributed by atoms with E-state index in [9.17, 15) is 0 Å². The summed E-state index contributed by atoms with van der Waals surface area (Å²) in [5.41, 5.74) is 0. The highest BCUT2D eigenvalue weighted by atomic mass is 35.5. The zero-order valence-corrected chi connectivity index (χ0v) is 9.21. The molecule has 0 saturated carbocycles.